The van der Waals surface area contributed by atoms with Crippen LogP contribution in [0.4, 0.5) is 0 Å². The molecule has 1 fully saturated rings. The summed E-state index contributed by atoms with van der Waals surface area (Å²) < 4.78 is 0. The third-order valence-electron chi connectivity index (χ3n) is 3.09. The summed E-state index contributed by atoms with van der Waals surface area (Å²) in [6, 6.07) is 4.68. The highest BCUT2D eigenvalue weighted by atomic mass is 32.1. The summed E-state index contributed by atoms with van der Waals surface area (Å²) in [4.78, 5) is 14.4. The zero-order valence-corrected chi connectivity index (χ0v) is 10.6. The first-order chi connectivity index (χ1) is 7.66. The first-order valence-electron chi connectivity index (χ1n) is 5.82. The molecule has 16 heavy (non-hydrogen) atoms. The van der Waals surface area contributed by atoms with E-state index in [0.29, 0.717) is 6.04 Å². The van der Waals surface area contributed by atoms with Crippen molar-refractivity contribution in [3.63, 3.8) is 0 Å². The Labute approximate surface area is 100 Å². The van der Waals surface area contributed by atoms with E-state index in [0.717, 1.165) is 19.4 Å². The SMILES string of the molecule is C[C@@H](C(=O)NC1CC1)[NH+](C)Cc1cccs1. The molecule has 1 aromatic rings. The highest BCUT2D eigenvalue weighted by Gasteiger charge is 2.29. The molecule has 1 amide bonds. The Morgan fingerprint density at radius 3 is 3.00 bits per heavy atom. The topological polar surface area (TPSA) is 33.5 Å². The van der Waals surface area contributed by atoms with Crippen LogP contribution in [-0.4, -0.2) is 25.0 Å². The predicted molar refractivity (Wildman–Crippen MR) is 65.5 cm³/mol. The van der Waals surface area contributed by atoms with Gasteiger partial charge in [0.1, 0.15) is 6.54 Å². The summed E-state index contributed by atoms with van der Waals surface area (Å²) in [6.07, 6.45) is 2.31. The van der Waals surface area contributed by atoms with Crippen LogP contribution in [0.15, 0.2) is 17.5 Å². The molecule has 2 atom stereocenters. The van der Waals surface area contributed by atoms with E-state index >= 15 is 0 Å². The average Bonchev–Trinajstić information content (AvgIpc) is 2.92. The maximum atomic E-state index is 11.8. The van der Waals surface area contributed by atoms with Gasteiger partial charge in [0.25, 0.3) is 5.91 Å². The van der Waals surface area contributed by atoms with Crippen molar-refractivity contribution in [1.29, 1.82) is 0 Å². The lowest BCUT2D eigenvalue weighted by Crippen LogP contribution is -3.12. The van der Waals surface area contributed by atoms with Crippen LogP contribution in [0.5, 0.6) is 0 Å². The number of carbonyl (C=O) groups is 1. The number of quaternary nitrogens is 1. The zero-order chi connectivity index (χ0) is 11.5. The zero-order valence-electron chi connectivity index (χ0n) is 9.82. The third-order valence-corrected chi connectivity index (χ3v) is 3.97. The number of carbonyl (C=O) groups excluding carboxylic acids is 1. The molecule has 88 valence electrons. The first kappa shape index (κ1) is 11.6. The Morgan fingerprint density at radius 1 is 1.69 bits per heavy atom. The molecule has 0 bridgehead atoms. The number of hydrogen-bond acceptors (Lipinski definition) is 2. The van der Waals surface area contributed by atoms with Crippen molar-refractivity contribution in [2.45, 2.75) is 38.4 Å². The second kappa shape index (κ2) is 4.97. The molecular weight excluding hydrogens is 220 g/mol. The maximum absolute atomic E-state index is 11.8. The summed E-state index contributed by atoms with van der Waals surface area (Å²) in [5.41, 5.74) is 0. The van der Waals surface area contributed by atoms with Crippen molar-refractivity contribution in [3.05, 3.63) is 22.4 Å². The van der Waals surface area contributed by atoms with E-state index in [1.165, 1.54) is 9.78 Å². The minimum atomic E-state index is 0.0303. The Hall–Kier alpha value is -0.870. The van der Waals surface area contributed by atoms with Gasteiger partial charge in [0.2, 0.25) is 0 Å². The van der Waals surface area contributed by atoms with Crippen molar-refractivity contribution in [1.82, 2.24) is 5.32 Å². The van der Waals surface area contributed by atoms with Crippen LogP contribution in [0, 0.1) is 0 Å². The van der Waals surface area contributed by atoms with Gasteiger partial charge in [-0.05, 0) is 31.2 Å². The second-order valence-electron chi connectivity index (χ2n) is 4.61. The van der Waals surface area contributed by atoms with Crippen molar-refractivity contribution in [3.8, 4) is 0 Å². The molecule has 1 saturated carbocycles. The smallest absolute Gasteiger partial charge is 0.278 e. The largest absolute Gasteiger partial charge is 0.348 e. The number of amides is 1. The lowest BCUT2D eigenvalue weighted by molar-refractivity contribution is -0.907. The minimum Gasteiger partial charge on any atom is -0.348 e. The van der Waals surface area contributed by atoms with Gasteiger partial charge in [0.05, 0.1) is 11.9 Å². The molecule has 2 N–H and O–H groups in total. The second-order valence-corrected chi connectivity index (χ2v) is 5.64. The highest BCUT2D eigenvalue weighted by Crippen LogP contribution is 2.18. The van der Waals surface area contributed by atoms with Crippen LogP contribution in [0.2, 0.25) is 0 Å². The van der Waals surface area contributed by atoms with Crippen LogP contribution < -0.4 is 10.2 Å². The van der Waals surface area contributed by atoms with Gasteiger partial charge in [-0.15, -0.1) is 11.3 Å². The third kappa shape index (κ3) is 3.06. The molecule has 1 heterocycles. The van der Waals surface area contributed by atoms with Crippen LogP contribution in [0.3, 0.4) is 0 Å². The lowest BCUT2D eigenvalue weighted by Gasteiger charge is -2.20. The quantitative estimate of drug-likeness (QED) is 0.767. The van der Waals surface area contributed by atoms with E-state index in [1.54, 1.807) is 11.3 Å². The van der Waals surface area contributed by atoms with E-state index < -0.39 is 0 Å². The molecule has 0 spiro atoms. The van der Waals surface area contributed by atoms with Gasteiger partial charge in [-0.25, -0.2) is 0 Å². The molecule has 2 rings (SSSR count). The van der Waals surface area contributed by atoms with Crippen molar-refractivity contribution in [2.24, 2.45) is 0 Å². The molecule has 0 radical (unpaired) electrons. The van der Waals surface area contributed by atoms with E-state index in [1.807, 2.05) is 6.92 Å². The first-order valence-corrected chi connectivity index (χ1v) is 6.70. The van der Waals surface area contributed by atoms with Crippen LogP contribution in [-0.2, 0) is 11.3 Å². The van der Waals surface area contributed by atoms with Gasteiger partial charge in [0, 0.05) is 6.04 Å². The number of thiophene rings is 1. The molecule has 0 aliphatic heterocycles. The highest BCUT2D eigenvalue weighted by molar-refractivity contribution is 7.09. The number of hydrogen-bond donors (Lipinski definition) is 2. The van der Waals surface area contributed by atoms with Gasteiger partial charge in [0.15, 0.2) is 6.04 Å². The Morgan fingerprint density at radius 2 is 2.44 bits per heavy atom. The molecule has 1 aromatic heterocycles. The number of nitrogens with one attached hydrogen (secondary N) is 2. The fraction of sp³-hybridized carbons (Fsp3) is 0.583. The molecule has 4 heteroatoms. The molecular formula is C12H19N2OS+. The van der Waals surface area contributed by atoms with Gasteiger partial charge in [-0.1, -0.05) is 6.07 Å². The summed E-state index contributed by atoms with van der Waals surface area (Å²) in [5, 5.41) is 5.14. The van der Waals surface area contributed by atoms with Crippen LogP contribution in [0.1, 0.15) is 24.6 Å². The Bertz CT molecular complexity index is 346. The van der Waals surface area contributed by atoms with Crippen molar-refractivity contribution in [2.75, 3.05) is 7.05 Å². The normalized spacial score (nSPS) is 19.1. The molecule has 1 aliphatic rings. The van der Waals surface area contributed by atoms with Crippen molar-refractivity contribution < 1.29 is 9.69 Å². The van der Waals surface area contributed by atoms with E-state index in [4.69, 9.17) is 0 Å². The molecule has 1 aliphatic carbocycles. The van der Waals surface area contributed by atoms with E-state index in [-0.39, 0.29) is 11.9 Å². The summed E-state index contributed by atoms with van der Waals surface area (Å²) in [6.45, 7) is 2.93. The van der Waals surface area contributed by atoms with Crippen LogP contribution >= 0.6 is 11.3 Å². The molecule has 3 nitrogen and oxygen atoms in total. The maximum Gasteiger partial charge on any atom is 0.278 e. The fourth-order valence-corrected chi connectivity index (χ4v) is 2.42. The van der Waals surface area contributed by atoms with Crippen LogP contribution in [0.25, 0.3) is 0 Å². The summed E-state index contributed by atoms with van der Waals surface area (Å²) in [7, 11) is 2.08. The molecule has 1 unspecified atom stereocenters. The number of rotatable bonds is 5. The average molecular weight is 239 g/mol. The van der Waals surface area contributed by atoms with E-state index in [2.05, 4.69) is 29.9 Å². The van der Waals surface area contributed by atoms with Crippen molar-refractivity contribution >= 4 is 17.2 Å². The summed E-state index contributed by atoms with van der Waals surface area (Å²) >= 11 is 1.75. The minimum absolute atomic E-state index is 0.0303. The standard InChI is InChI=1S/C12H18N2OS/c1-9(12(15)13-10-5-6-10)14(2)8-11-4-3-7-16-11/h3-4,7,9-10H,5-6,8H2,1-2H3,(H,13,15)/p+1/t9-/m0/s1. The van der Waals surface area contributed by atoms with Gasteiger partial charge in [-0.3, -0.25) is 4.79 Å². The van der Waals surface area contributed by atoms with Gasteiger partial charge in [-0.2, -0.15) is 0 Å². The Balaban J connectivity index is 1.82. The predicted octanol–water partition coefficient (Wildman–Crippen LogP) is 0.430. The summed E-state index contributed by atoms with van der Waals surface area (Å²) in [5.74, 6) is 0.191. The molecule has 0 aromatic carbocycles. The van der Waals surface area contributed by atoms with Gasteiger partial charge >= 0.3 is 0 Å². The molecule has 0 saturated heterocycles. The number of likely N-dealkylation sites (N-methyl/N-ethyl adjacent to an activating group) is 1. The van der Waals surface area contributed by atoms with Gasteiger partial charge < -0.3 is 10.2 Å². The lowest BCUT2D eigenvalue weighted by atomic mass is 10.2. The fourth-order valence-electron chi connectivity index (χ4n) is 1.62. The monoisotopic (exact) mass is 239 g/mol. The van der Waals surface area contributed by atoms with E-state index in [9.17, 15) is 4.79 Å². The Kier molecular flexibility index (Phi) is 3.61.